The molecule has 5 heteroatoms. The van der Waals surface area contributed by atoms with E-state index in [1.54, 1.807) is 0 Å². The van der Waals surface area contributed by atoms with Crippen LogP contribution >= 0.6 is 0 Å². The number of allylic oxidation sites excluding steroid dienone is 3. The Morgan fingerprint density at radius 2 is 1.62 bits per heavy atom. The lowest BCUT2D eigenvalue weighted by atomic mass is 10.1. The Bertz CT molecular complexity index is 999. The van der Waals surface area contributed by atoms with Gasteiger partial charge in [0.2, 0.25) is 5.75 Å². The minimum absolute atomic E-state index is 0.262. The molecule has 0 fully saturated rings. The summed E-state index contributed by atoms with van der Waals surface area (Å²) in [5, 5.41) is 0.833. The van der Waals surface area contributed by atoms with Crippen LogP contribution in [-0.2, 0) is 0 Å². The molecule has 188 valence electrons. The van der Waals surface area contributed by atoms with Crippen LogP contribution in [0, 0.1) is 0 Å². The first-order chi connectivity index (χ1) is 16.5. The van der Waals surface area contributed by atoms with Crippen molar-refractivity contribution in [3.05, 3.63) is 51.9 Å². The van der Waals surface area contributed by atoms with Gasteiger partial charge < -0.3 is 19.2 Å². The van der Waals surface area contributed by atoms with Crippen molar-refractivity contribution in [1.29, 1.82) is 0 Å². The van der Waals surface area contributed by atoms with Crippen LogP contribution in [0.3, 0.4) is 0 Å². The van der Waals surface area contributed by atoms with E-state index in [1.165, 1.54) is 17.6 Å². The summed E-state index contributed by atoms with van der Waals surface area (Å²) in [5.74, 6) is 1.53. The van der Waals surface area contributed by atoms with Crippen molar-refractivity contribution in [3.8, 4) is 17.2 Å². The number of ether oxygens (including phenoxy) is 3. The molecule has 2 rings (SSSR count). The number of unbranched alkanes of at least 4 members (excludes halogenated alkanes) is 4. The highest BCUT2D eigenvalue weighted by Crippen LogP contribution is 2.33. The molecule has 2 aromatic rings. The van der Waals surface area contributed by atoms with Crippen molar-refractivity contribution in [3.63, 3.8) is 0 Å². The molecule has 34 heavy (non-hydrogen) atoms. The summed E-state index contributed by atoms with van der Waals surface area (Å²) in [6.45, 7) is 12.2. The number of benzene rings is 1. The normalized spacial score (nSPS) is 11.5. The molecule has 0 saturated carbocycles. The van der Waals surface area contributed by atoms with Gasteiger partial charge >= 0.3 is 0 Å². The first-order valence-electron chi connectivity index (χ1n) is 12.8. The summed E-state index contributed by atoms with van der Waals surface area (Å²) in [6.07, 6.45) is 12.7. The van der Waals surface area contributed by atoms with Crippen LogP contribution in [0.2, 0.25) is 0 Å². The predicted octanol–water partition coefficient (Wildman–Crippen LogP) is 7.74. The summed E-state index contributed by atoms with van der Waals surface area (Å²) in [6, 6.07) is 5.72. The largest absolute Gasteiger partial charge is 0.489 e. The molecule has 1 aromatic heterocycles. The number of aromatic amines is 1. The third-order valence-corrected chi connectivity index (χ3v) is 5.66. The highest BCUT2D eigenvalue weighted by atomic mass is 16.5. The standard InChI is InChI=1S/C29H43NO4/c1-6-8-10-11-19-34-28-27(33-18-9-7-2)25-16-15-24(21-26(25)30-29(28)31)32-20-17-23(5)14-12-13-22(3)4/h13,15-17,21H,6-12,14,18-20H2,1-5H3,(H,30,31)/b23-17+. The second kappa shape index (κ2) is 15.3. The Morgan fingerprint density at radius 3 is 2.35 bits per heavy atom. The van der Waals surface area contributed by atoms with Crippen molar-refractivity contribution in [2.75, 3.05) is 19.8 Å². The van der Waals surface area contributed by atoms with E-state index in [2.05, 4.69) is 51.8 Å². The molecule has 0 unspecified atom stereocenters. The lowest BCUT2D eigenvalue weighted by molar-refractivity contribution is 0.260. The van der Waals surface area contributed by atoms with Gasteiger partial charge in [0.05, 0.1) is 18.7 Å². The zero-order valence-electron chi connectivity index (χ0n) is 21.8. The van der Waals surface area contributed by atoms with Gasteiger partial charge in [-0.15, -0.1) is 0 Å². The molecule has 1 aromatic carbocycles. The van der Waals surface area contributed by atoms with E-state index in [4.69, 9.17) is 14.2 Å². The Morgan fingerprint density at radius 1 is 0.882 bits per heavy atom. The molecule has 0 spiro atoms. The second-order valence-electron chi connectivity index (χ2n) is 9.11. The maximum absolute atomic E-state index is 12.9. The fourth-order valence-corrected chi connectivity index (χ4v) is 3.59. The molecular formula is C29H43NO4. The van der Waals surface area contributed by atoms with Crippen LogP contribution in [0.15, 0.2) is 46.3 Å². The number of H-pyrrole nitrogens is 1. The monoisotopic (exact) mass is 469 g/mol. The maximum atomic E-state index is 12.9. The van der Waals surface area contributed by atoms with Crippen molar-refractivity contribution in [2.45, 2.75) is 86.0 Å². The summed E-state index contributed by atoms with van der Waals surface area (Å²) < 4.78 is 17.9. The van der Waals surface area contributed by atoms with Crippen LogP contribution in [-0.4, -0.2) is 24.8 Å². The maximum Gasteiger partial charge on any atom is 0.294 e. The molecule has 5 nitrogen and oxygen atoms in total. The van der Waals surface area contributed by atoms with Gasteiger partial charge in [0.25, 0.3) is 5.56 Å². The van der Waals surface area contributed by atoms with E-state index in [0.29, 0.717) is 36.8 Å². The predicted molar refractivity (Wildman–Crippen MR) is 143 cm³/mol. The van der Waals surface area contributed by atoms with E-state index in [1.807, 2.05) is 18.2 Å². The quantitative estimate of drug-likeness (QED) is 0.202. The third kappa shape index (κ3) is 9.28. The van der Waals surface area contributed by atoms with Gasteiger partial charge in [-0.1, -0.05) is 56.8 Å². The Kier molecular flexibility index (Phi) is 12.4. The number of aromatic nitrogens is 1. The zero-order valence-corrected chi connectivity index (χ0v) is 21.8. The Hall–Kier alpha value is -2.69. The topological polar surface area (TPSA) is 60.6 Å². The van der Waals surface area contributed by atoms with Gasteiger partial charge in [-0.25, -0.2) is 0 Å². The highest BCUT2D eigenvalue weighted by Gasteiger charge is 2.16. The fourth-order valence-electron chi connectivity index (χ4n) is 3.59. The number of nitrogens with one attached hydrogen (secondary N) is 1. The number of fused-ring (bicyclic) bond motifs is 1. The molecule has 0 saturated heterocycles. The number of hydrogen-bond donors (Lipinski definition) is 1. The van der Waals surface area contributed by atoms with Crippen LogP contribution < -0.4 is 19.8 Å². The number of rotatable bonds is 16. The highest BCUT2D eigenvalue weighted by molar-refractivity contribution is 5.88. The summed E-state index contributed by atoms with van der Waals surface area (Å²) in [7, 11) is 0. The molecule has 0 aliphatic heterocycles. The van der Waals surface area contributed by atoms with E-state index in [-0.39, 0.29) is 11.3 Å². The molecule has 0 amide bonds. The molecule has 0 aliphatic rings. The lowest BCUT2D eigenvalue weighted by Gasteiger charge is -2.15. The van der Waals surface area contributed by atoms with E-state index < -0.39 is 0 Å². The Labute approximate surface area is 205 Å². The lowest BCUT2D eigenvalue weighted by Crippen LogP contribution is -2.15. The van der Waals surface area contributed by atoms with Crippen molar-refractivity contribution >= 4 is 10.9 Å². The van der Waals surface area contributed by atoms with Crippen molar-refractivity contribution in [1.82, 2.24) is 4.98 Å². The van der Waals surface area contributed by atoms with Gasteiger partial charge in [0.15, 0.2) is 5.75 Å². The molecule has 0 bridgehead atoms. The SMILES string of the molecule is CCCCCCOc1c(OCCCC)c2ccc(OC/C=C(\C)CCC=C(C)C)cc2[nH]c1=O. The number of pyridine rings is 1. The van der Waals surface area contributed by atoms with Crippen LogP contribution in [0.4, 0.5) is 0 Å². The first kappa shape index (κ1) is 27.6. The average molecular weight is 470 g/mol. The smallest absolute Gasteiger partial charge is 0.294 e. The molecule has 1 N–H and O–H groups in total. The van der Waals surface area contributed by atoms with Crippen LogP contribution in [0.25, 0.3) is 10.9 Å². The fraction of sp³-hybridized carbons (Fsp3) is 0.552. The zero-order chi connectivity index (χ0) is 24.8. The molecule has 0 atom stereocenters. The average Bonchev–Trinajstić information content (AvgIpc) is 2.80. The number of hydrogen-bond acceptors (Lipinski definition) is 4. The minimum atomic E-state index is -0.262. The van der Waals surface area contributed by atoms with Gasteiger partial charge in [-0.05, 0) is 64.7 Å². The van der Waals surface area contributed by atoms with Crippen molar-refractivity contribution < 1.29 is 14.2 Å². The molecule has 1 heterocycles. The summed E-state index contributed by atoms with van der Waals surface area (Å²) in [4.78, 5) is 15.8. The molecule has 0 aliphatic carbocycles. The second-order valence-corrected chi connectivity index (χ2v) is 9.11. The third-order valence-electron chi connectivity index (χ3n) is 5.66. The van der Waals surface area contributed by atoms with Gasteiger partial charge in [-0.2, -0.15) is 0 Å². The van der Waals surface area contributed by atoms with Crippen LogP contribution in [0.5, 0.6) is 17.2 Å². The minimum Gasteiger partial charge on any atom is -0.489 e. The van der Waals surface area contributed by atoms with Crippen LogP contribution in [0.1, 0.15) is 86.0 Å². The van der Waals surface area contributed by atoms with E-state index in [9.17, 15) is 4.79 Å². The molecule has 0 radical (unpaired) electrons. The van der Waals surface area contributed by atoms with Gasteiger partial charge in [0, 0.05) is 11.5 Å². The summed E-state index contributed by atoms with van der Waals surface area (Å²) in [5.41, 5.74) is 3.08. The van der Waals surface area contributed by atoms with E-state index >= 15 is 0 Å². The first-order valence-corrected chi connectivity index (χ1v) is 12.8. The Balaban J connectivity index is 2.16. The molecular weight excluding hydrogens is 426 g/mol. The van der Waals surface area contributed by atoms with Crippen molar-refractivity contribution in [2.24, 2.45) is 0 Å². The van der Waals surface area contributed by atoms with Gasteiger partial charge in [-0.3, -0.25) is 4.79 Å². The summed E-state index contributed by atoms with van der Waals surface area (Å²) >= 11 is 0. The van der Waals surface area contributed by atoms with E-state index in [0.717, 1.165) is 50.3 Å². The van der Waals surface area contributed by atoms with Gasteiger partial charge in [0.1, 0.15) is 12.4 Å².